The largest absolute Gasteiger partial charge is 0.480 e. The number of hydrogen-bond donors (Lipinski definition) is 2. The highest BCUT2D eigenvalue weighted by Gasteiger charge is 2.33. The van der Waals surface area contributed by atoms with Gasteiger partial charge in [0.2, 0.25) is 0 Å². The van der Waals surface area contributed by atoms with Gasteiger partial charge in [0.25, 0.3) is 0 Å². The van der Waals surface area contributed by atoms with Gasteiger partial charge in [0, 0.05) is 19.1 Å². The zero-order valence-corrected chi connectivity index (χ0v) is 13.0. The zero-order valence-electron chi connectivity index (χ0n) is 13.0. The first-order valence-electron chi connectivity index (χ1n) is 7.97. The van der Waals surface area contributed by atoms with E-state index in [1.165, 1.54) is 4.90 Å². The van der Waals surface area contributed by atoms with Crippen molar-refractivity contribution in [2.24, 2.45) is 5.92 Å². The van der Waals surface area contributed by atoms with Crippen molar-refractivity contribution in [3.05, 3.63) is 0 Å². The van der Waals surface area contributed by atoms with Crippen LogP contribution in [0.2, 0.25) is 0 Å². The molecule has 0 saturated carbocycles. The highest BCUT2D eigenvalue weighted by molar-refractivity contribution is 5.82. The average Bonchev–Trinajstić information content (AvgIpc) is 2.67. The highest BCUT2D eigenvalue weighted by Crippen LogP contribution is 2.19. The molecular formula is C15H27N3O3. The maximum Gasteiger partial charge on any atom is 0.326 e. The first kappa shape index (κ1) is 16.1. The molecule has 21 heavy (non-hydrogen) atoms. The van der Waals surface area contributed by atoms with E-state index in [0.717, 1.165) is 38.8 Å². The Labute approximate surface area is 126 Å². The number of nitrogens with one attached hydrogen (secondary N) is 1. The van der Waals surface area contributed by atoms with Crippen molar-refractivity contribution in [3.63, 3.8) is 0 Å². The first-order chi connectivity index (χ1) is 9.99. The number of carbonyl (C=O) groups is 2. The van der Waals surface area contributed by atoms with Gasteiger partial charge in [0.05, 0.1) is 0 Å². The summed E-state index contributed by atoms with van der Waals surface area (Å²) in [4.78, 5) is 27.7. The molecule has 6 nitrogen and oxygen atoms in total. The summed E-state index contributed by atoms with van der Waals surface area (Å²) >= 11 is 0. The fraction of sp³-hybridized carbons (Fsp3) is 0.867. The summed E-state index contributed by atoms with van der Waals surface area (Å²) in [5.41, 5.74) is 0. The lowest BCUT2D eigenvalue weighted by atomic mass is 9.94. The predicted molar refractivity (Wildman–Crippen MR) is 80.2 cm³/mol. The number of carboxylic acids is 1. The van der Waals surface area contributed by atoms with Gasteiger partial charge in [-0.05, 0) is 38.8 Å². The number of hydrogen-bond acceptors (Lipinski definition) is 3. The Morgan fingerprint density at radius 1 is 1.14 bits per heavy atom. The number of urea groups is 1. The monoisotopic (exact) mass is 297 g/mol. The summed E-state index contributed by atoms with van der Waals surface area (Å²) < 4.78 is 0. The van der Waals surface area contributed by atoms with Crippen LogP contribution in [-0.4, -0.2) is 65.7 Å². The van der Waals surface area contributed by atoms with Gasteiger partial charge >= 0.3 is 12.0 Å². The van der Waals surface area contributed by atoms with Gasteiger partial charge in [-0.1, -0.05) is 19.8 Å². The molecule has 6 heteroatoms. The molecule has 0 aliphatic carbocycles. The fourth-order valence-corrected chi connectivity index (χ4v) is 3.42. The van der Waals surface area contributed by atoms with Crippen molar-refractivity contribution in [1.82, 2.24) is 15.1 Å². The Kier molecular flexibility index (Phi) is 5.45. The third-order valence-corrected chi connectivity index (χ3v) is 4.72. The minimum absolute atomic E-state index is 0.145. The lowest BCUT2D eigenvalue weighted by molar-refractivity contribution is -0.142. The summed E-state index contributed by atoms with van der Waals surface area (Å²) in [6, 6.07) is -0.730. The molecule has 2 amide bonds. The van der Waals surface area contributed by atoms with Crippen molar-refractivity contribution >= 4 is 12.0 Å². The van der Waals surface area contributed by atoms with Gasteiger partial charge in [-0.15, -0.1) is 0 Å². The van der Waals surface area contributed by atoms with Crippen LogP contribution in [0.1, 0.15) is 39.0 Å². The Hall–Kier alpha value is -1.30. The summed E-state index contributed by atoms with van der Waals surface area (Å²) in [7, 11) is 2.09. The molecule has 2 saturated heterocycles. The Morgan fingerprint density at radius 3 is 2.57 bits per heavy atom. The fourth-order valence-electron chi connectivity index (χ4n) is 3.42. The van der Waals surface area contributed by atoms with Crippen LogP contribution in [0.25, 0.3) is 0 Å². The Morgan fingerprint density at radius 2 is 1.90 bits per heavy atom. The zero-order chi connectivity index (χ0) is 15.4. The number of rotatable bonds is 2. The lowest BCUT2D eigenvalue weighted by Gasteiger charge is -2.37. The summed E-state index contributed by atoms with van der Waals surface area (Å²) in [6.45, 7) is 4.62. The summed E-state index contributed by atoms with van der Waals surface area (Å²) in [6.07, 6.45) is 4.25. The summed E-state index contributed by atoms with van der Waals surface area (Å²) in [5.74, 6) is -0.494. The minimum atomic E-state index is -0.886. The Bertz CT molecular complexity index is 388. The second-order valence-corrected chi connectivity index (χ2v) is 6.48. The van der Waals surface area contributed by atoms with Crippen LogP contribution < -0.4 is 5.32 Å². The number of nitrogens with zero attached hydrogens (tertiary/aromatic N) is 2. The molecule has 0 bridgehead atoms. The third kappa shape index (κ3) is 4.09. The second kappa shape index (κ2) is 7.11. The van der Waals surface area contributed by atoms with Crippen LogP contribution in [0.3, 0.4) is 0 Å². The van der Waals surface area contributed by atoms with E-state index in [9.17, 15) is 14.7 Å². The van der Waals surface area contributed by atoms with Crippen molar-refractivity contribution in [2.45, 2.75) is 51.1 Å². The van der Waals surface area contributed by atoms with E-state index in [1.807, 2.05) is 0 Å². The molecule has 0 aromatic heterocycles. The van der Waals surface area contributed by atoms with Crippen molar-refractivity contribution < 1.29 is 14.7 Å². The van der Waals surface area contributed by atoms with Gasteiger partial charge in [0.15, 0.2) is 0 Å². The molecule has 3 atom stereocenters. The number of likely N-dealkylation sites (tertiary alicyclic amines) is 2. The van der Waals surface area contributed by atoms with Crippen LogP contribution >= 0.6 is 0 Å². The lowest BCUT2D eigenvalue weighted by Crippen LogP contribution is -2.55. The second-order valence-electron chi connectivity index (χ2n) is 6.48. The van der Waals surface area contributed by atoms with Crippen molar-refractivity contribution in [1.29, 1.82) is 0 Å². The van der Waals surface area contributed by atoms with Crippen LogP contribution in [0.15, 0.2) is 0 Å². The molecule has 2 aliphatic rings. The number of aliphatic carboxylic acids is 1. The van der Waals surface area contributed by atoms with E-state index in [4.69, 9.17) is 0 Å². The van der Waals surface area contributed by atoms with Crippen LogP contribution in [0.4, 0.5) is 4.79 Å². The SMILES string of the molecule is CC1CN(C)CCC1NC(=O)N1CCCCCC1C(=O)O. The average molecular weight is 297 g/mol. The Balaban J connectivity index is 1.98. The van der Waals surface area contributed by atoms with Gasteiger partial charge < -0.3 is 20.2 Å². The van der Waals surface area contributed by atoms with Gasteiger partial charge in [0.1, 0.15) is 6.04 Å². The van der Waals surface area contributed by atoms with E-state index >= 15 is 0 Å². The highest BCUT2D eigenvalue weighted by atomic mass is 16.4. The van der Waals surface area contributed by atoms with Crippen LogP contribution in [0, 0.1) is 5.92 Å². The van der Waals surface area contributed by atoms with Gasteiger partial charge in [-0.2, -0.15) is 0 Å². The standard InChI is InChI=1S/C15H27N3O3/c1-11-10-17(2)9-7-12(11)16-15(21)18-8-5-3-4-6-13(18)14(19)20/h11-13H,3-10H2,1-2H3,(H,16,21)(H,19,20). The molecule has 0 spiro atoms. The van der Waals surface area contributed by atoms with E-state index in [0.29, 0.717) is 18.9 Å². The number of amides is 2. The quantitative estimate of drug-likeness (QED) is 0.807. The maximum absolute atomic E-state index is 12.5. The third-order valence-electron chi connectivity index (χ3n) is 4.72. The topological polar surface area (TPSA) is 72.9 Å². The molecule has 0 aromatic rings. The number of piperidine rings is 1. The number of carboxylic acid groups (broad SMARTS) is 1. The molecule has 120 valence electrons. The van der Waals surface area contributed by atoms with E-state index in [-0.39, 0.29) is 12.1 Å². The number of carbonyl (C=O) groups excluding carboxylic acids is 1. The molecule has 3 unspecified atom stereocenters. The maximum atomic E-state index is 12.5. The molecule has 2 fully saturated rings. The van der Waals surface area contributed by atoms with Gasteiger partial charge in [-0.25, -0.2) is 9.59 Å². The molecule has 2 rings (SSSR count). The van der Waals surface area contributed by atoms with E-state index < -0.39 is 12.0 Å². The van der Waals surface area contributed by atoms with Crippen molar-refractivity contribution in [3.8, 4) is 0 Å². The molecule has 2 N–H and O–H groups in total. The van der Waals surface area contributed by atoms with Crippen LogP contribution in [0.5, 0.6) is 0 Å². The van der Waals surface area contributed by atoms with E-state index in [2.05, 4.69) is 24.2 Å². The van der Waals surface area contributed by atoms with Crippen LogP contribution in [-0.2, 0) is 4.79 Å². The molecule has 0 radical (unpaired) electrons. The normalized spacial score (nSPS) is 31.5. The van der Waals surface area contributed by atoms with Crippen molar-refractivity contribution in [2.75, 3.05) is 26.7 Å². The molecule has 2 aliphatic heterocycles. The molecule has 2 heterocycles. The molecule has 0 aromatic carbocycles. The minimum Gasteiger partial charge on any atom is -0.480 e. The summed E-state index contributed by atoms with van der Waals surface area (Å²) in [5, 5.41) is 12.4. The van der Waals surface area contributed by atoms with E-state index in [1.54, 1.807) is 0 Å². The first-order valence-corrected chi connectivity index (χ1v) is 7.97. The van der Waals surface area contributed by atoms with Gasteiger partial charge in [-0.3, -0.25) is 0 Å². The molecular weight excluding hydrogens is 270 g/mol. The smallest absolute Gasteiger partial charge is 0.326 e. The predicted octanol–water partition coefficient (Wildman–Crippen LogP) is 1.37.